The Morgan fingerprint density at radius 3 is 2.91 bits per heavy atom. The Hall–Kier alpha value is -0.770. The van der Waals surface area contributed by atoms with Crippen LogP contribution >= 0.6 is 11.8 Å². The van der Waals surface area contributed by atoms with E-state index in [2.05, 4.69) is 4.98 Å². The summed E-state index contributed by atoms with van der Waals surface area (Å²) in [5.41, 5.74) is 6.04. The molecule has 60 valence electrons. The molecular weight excluding hydrogens is 163 g/mol. The third-order valence-corrected chi connectivity index (χ3v) is 1.98. The van der Waals surface area contributed by atoms with Gasteiger partial charge in [0, 0.05) is 5.75 Å². The van der Waals surface area contributed by atoms with Crippen LogP contribution in [-0.4, -0.2) is 17.4 Å². The van der Waals surface area contributed by atoms with Gasteiger partial charge in [0.25, 0.3) is 0 Å². The number of pyridine rings is 1. The van der Waals surface area contributed by atoms with Crippen molar-refractivity contribution >= 4 is 17.4 Å². The standard InChI is InChI=1S/C7H9FN2S/c8-3-4-11-7-2-1-6(9)5-10-7/h1-2,5H,3-4,9H2. The number of aromatic nitrogens is 1. The lowest BCUT2D eigenvalue weighted by Gasteiger charge is -1.96. The molecule has 0 aromatic carbocycles. The average molecular weight is 172 g/mol. The van der Waals surface area contributed by atoms with Gasteiger partial charge in [0.05, 0.1) is 23.6 Å². The van der Waals surface area contributed by atoms with Crippen LogP contribution in [0.5, 0.6) is 0 Å². The lowest BCUT2D eigenvalue weighted by Crippen LogP contribution is -1.87. The Labute approximate surface area is 69.0 Å². The highest BCUT2D eigenvalue weighted by Crippen LogP contribution is 2.15. The number of alkyl halides is 1. The highest BCUT2D eigenvalue weighted by Gasteiger charge is 1.93. The van der Waals surface area contributed by atoms with Crippen molar-refractivity contribution in [1.29, 1.82) is 0 Å². The van der Waals surface area contributed by atoms with Crippen molar-refractivity contribution in [3.63, 3.8) is 0 Å². The minimum Gasteiger partial charge on any atom is -0.397 e. The summed E-state index contributed by atoms with van der Waals surface area (Å²) in [6, 6.07) is 3.54. The largest absolute Gasteiger partial charge is 0.397 e. The second-order valence-corrected chi connectivity index (χ2v) is 3.08. The summed E-state index contributed by atoms with van der Waals surface area (Å²) in [5.74, 6) is 0.455. The van der Waals surface area contributed by atoms with Gasteiger partial charge in [-0.2, -0.15) is 0 Å². The van der Waals surface area contributed by atoms with Gasteiger partial charge >= 0.3 is 0 Å². The molecule has 0 bridgehead atoms. The van der Waals surface area contributed by atoms with Crippen molar-refractivity contribution in [3.05, 3.63) is 18.3 Å². The second-order valence-electron chi connectivity index (χ2n) is 1.97. The summed E-state index contributed by atoms with van der Waals surface area (Å²) in [5, 5.41) is 0.817. The van der Waals surface area contributed by atoms with Crippen LogP contribution in [0.25, 0.3) is 0 Å². The molecule has 0 saturated heterocycles. The molecule has 1 rings (SSSR count). The van der Waals surface area contributed by atoms with E-state index in [9.17, 15) is 4.39 Å². The Morgan fingerprint density at radius 2 is 2.36 bits per heavy atom. The van der Waals surface area contributed by atoms with Gasteiger partial charge < -0.3 is 5.73 Å². The van der Waals surface area contributed by atoms with Crippen LogP contribution in [-0.2, 0) is 0 Å². The number of hydrogen-bond donors (Lipinski definition) is 1. The van der Waals surface area contributed by atoms with E-state index in [-0.39, 0.29) is 6.67 Å². The molecule has 0 aliphatic heterocycles. The van der Waals surface area contributed by atoms with Crippen LogP contribution in [0, 0.1) is 0 Å². The molecule has 0 amide bonds. The topological polar surface area (TPSA) is 38.9 Å². The molecule has 2 nitrogen and oxygen atoms in total. The summed E-state index contributed by atoms with van der Waals surface area (Å²) < 4.78 is 11.7. The molecule has 0 unspecified atom stereocenters. The molecule has 2 N–H and O–H groups in total. The first-order valence-corrected chi connectivity index (χ1v) is 4.22. The van der Waals surface area contributed by atoms with E-state index >= 15 is 0 Å². The summed E-state index contributed by atoms with van der Waals surface area (Å²) >= 11 is 1.39. The van der Waals surface area contributed by atoms with Gasteiger partial charge in [0.2, 0.25) is 0 Å². The van der Waals surface area contributed by atoms with Crippen molar-refractivity contribution in [2.75, 3.05) is 18.2 Å². The molecule has 0 spiro atoms. The molecule has 0 fully saturated rings. The molecule has 0 aliphatic rings. The number of anilines is 1. The summed E-state index contributed by atoms with van der Waals surface area (Å²) in [7, 11) is 0. The minimum absolute atomic E-state index is 0.323. The number of nitrogens with zero attached hydrogens (tertiary/aromatic N) is 1. The second kappa shape index (κ2) is 4.18. The third-order valence-electron chi connectivity index (χ3n) is 1.09. The molecule has 0 saturated carbocycles. The fourth-order valence-corrected chi connectivity index (χ4v) is 1.20. The van der Waals surface area contributed by atoms with Crippen molar-refractivity contribution in [2.24, 2.45) is 0 Å². The maximum atomic E-state index is 11.7. The molecule has 1 aromatic rings. The van der Waals surface area contributed by atoms with E-state index in [1.54, 1.807) is 18.3 Å². The molecule has 0 aliphatic carbocycles. The zero-order valence-corrected chi connectivity index (χ0v) is 6.77. The first-order valence-electron chi connectivity index (χ1n) is 3.23. The lowest BCUT2D eigenvalue weighted by atomic mass is 10.4. The summed E-state index contributed by atoms with van der Waals surface area (Å²) in [6.45, 7) is -0.323. The lowest BCUT2D eigenvalue weighted by molar-refractivity contribution is 0.532. The first kappa shape index (κ1) is 8.33. The van der Waals surface area contributed by atoms with E-state index in [1.807, 2.05) is 0 Å². The number of rotatable bonds is 3. The third kappa shape index (κ3) is 2.76. The minimum atomic E-state index is -0.323. The van der Waals surface area contributed by atoms with Gasteiger partial charge in [0.1, 0.15) is 0 Å². The number of nitrogen functional groups attached to an aromatic ring is 1. The molecule has 11 heavy (non-hydrogen) atoms. The summed E-state index contributed by atoms with van der Waals surface area (Å²) in [6.07, 6.45) is 1.57. The van der Waals surface area contributed by atoms with Crippen LogP contribution in [0.2, 0.25) is 0 Å². The number of halogens is 1. The van der Waals surface area contributed by atoms with E-state index < -0.39 is 0 Å². The number of nitrogens with two attached hydrogens (primary N) is 1. The van der Waals surface area contributed by atoms with Gasteiger partial charge in [-0.05, 0) is 12.1 Å². The van der Waals surface area contributed by atoms with Crippen molar-refractivity contribution in [1.82, 2.24) is 4.98 Å². The first-order chi connectivity index (χ1) is 5.33. The molecule has 1 aromatic heterocycles. The maximum absolute atomic E-state index is 11.7. The zero-order valence-electron chi connectivity index (χ0n) is 5.96. The van der Waals surface area contributed by atoms with E-state index in [1.165, 1.54) is 11.8 Å². The summed E-state index contributed by atoms with van der Waals surface area (Å²) in [4.78, 5) is 3.99. The maximum Gasteiger partial charge on any atom is 0.0988 e. The SMILES string of the molecule is Nc1ccc(SCCF)nc1. The monoisotopic (exact) mass is 172 g/mol. The number of hydrogen-bond acceptors (Lipinski definition) is 3. The van der Waals surface area contributed by atoms with Crippen LogP contribution < -0.4 is 5.73 Å². The molecule has 1 heterocycles. The van der Waals surface area contributed by atoms with Crippen LogP contribution in [0.15, 0.2) is 23.4 Å². The average Bonchev–Trinajstić information content (AvgIpc) is 2.04. The molecular formula is C7H9FN2S. The predicted octanol–water partition coefficient (Wildman–Crippen LogP) is 1.73. The Bertz CT molecular complexity index is 212. The Kier molecular flexibility index (Phi) is 3.16. The van der Waals surface area contributed by atoms with Crippen LogP contribution in [0.3, 0.4) is 0 Å². The van der Waals surface area contributed by atoms with Gasteiger partial charge in [-0.15, -0.1) is 11.8 Å². The fourth-order valence-electron chi connectivity index (χ4n) is 0.620. The van der Waals surface area contributed by atoms with Crippen molar-refractivity contribution < 1.29 is 4.39 Å². The highest BCUT2D eigenvalue weighted by molar-refractivity contribution is 7.99. The Morgan fingerprint density at radius 1 is 1.55 bits per heavy atom. The highest BCUT2D eigenvalue weighted by atomic mass is 32.2. The van der Waals surface area contributed by atoms with Crippen LogP contribution in [0.4, 0.5) is 10.1 Å². The fraction of sp³-hybridized carbons (Fsp3) is 0.286. The molecule has 0 atom stereocenters. The number of thioether (sulfide) groups is 1. The van der Waals surface area contributed by atoms with E-state index in [0.29, 0.717) is 11.4 Å². The van der Waals surface area contributed by atoms with Gasteiger partial charge in [-0.1, -0.05) is 0 Å². The molecule has 0 radical (unpaired) electrons. The molecule has 4 heteroatoms. The van der Waals surface area contributed by atoms with Crippen LogP contribution in [0.1, 0.15) is 0 Å². The predicted molar refractivity (Wildman–Crippen MR) is 45.3 cm³/mol. The van der Waals surface area contributed by atoms with E-state index in [0.717, 1.165) is 5.03 Å². The Balaban J connectivity index is 2.52. The van der Waals surface area contributed by atoms with Gasteiger partial charge in [-0.3, -0.25) is 4.39 Å². The van der Waals surface area contributed by atoms with E-state index in [4.69, 9.17) is 5.73 Å². The van der Waals surface area contributed by atoms with Crippen molar-refractivity contribution in [2.45, 2.75) is 5.03 Å². The van der Waals surface area contributed by atoms with Gasteiger partial charge in [0.15, 0.2) is 0 Å². The quantitative estimate of drug-likeness (QED) is 0.706. The van der Waals surface area contributed by atoms with Crippen molar-refractivity contribution in [3.8, 4) is 0 Å². The van der Waals surface area contributed by atoms with Gasteiger partial charge in [-0.25, -0.2) is 4.98 Å². The normalized spacial score (nSPS) is 9.91. The zero-order chi connectivity index (χ0) is 8.10. The smallest absolute Gasteiger partial charge is 0.0988 e.